The Morgan fingerprint density at radius 2 is 1.82 bits per heavy atom. The van der Waals surface area contributed by atoms with Crippen molar-refractivity contribution in [2.24, 2.45) is 0 Å². The molecule has 5 rings (SSSR count). The highest BCUT2D eigenvalue weighted by molar-refractivity contribution is 6.30. The van der Waals surface area contributed by atoms with Gasteiger partial charge in [-0.15, -0.1) is 0 Å². The average Bonchev–Trinajstić information content (AvgIpc) is 3.53. The molecular formula is C29H26ClFN4O4. The zero-order valence-electron chi connectivity index (χ0n) is 20.9. The molecule has 0 saturated heterocycles. The quantitative estimate of drug-likeness (QED) is 0.194. The second-order valence-corrected chi connectivity index (χ2v) is 9.48. The number of nitrogens with zero attached hydrogens (tertiary/aromatic N) is 2. The largest absolute Gasteiger partial charge is 0.493 e. The topological polar surface area (TPSA) is 116 Å². The summed E-state index contributed by atoms with van der Waals surface area (Å²) in [4.78, 5) is 23.8. The zero-order chi connectivity index (χ0) is 27.5. The third-order valence-corrected chi connectivity index (χ3v) is 6.81. The van der Waals surface area contributed by atoms with Gasteiger partial charge in [0.1, 0.15) is 35.7 Å². The van der Waals surface area contributed by atoms with Crippen LogP contribution in [0, 0.1) is 5.82 Å². The van der Waals surface area contributed by atoms with Gasteiger partial charge in [-0.1, -0.05) is 48.9 Å². The molecule has 2 aromatic heterocycles. The molecule has 0 aliphatic carbocycles. The second kappa shape index (κ2) is 11.2. The first-order valence-electron chi connectivity index (χ1n) is 12.3. The molecule has 39 heavy (non-hydrogen) atoms. The highest BCUT2D eigenvalue weighted by Gasteiger charge is 2.31. The number of ether oxygens (including phenoxy) is 1. The van der Waals surface area contributed by atoms with Crippen LogP contribution in [0.25, 0.3) is 22.5 Å². The number of aromatic amines is 2. The third-order valence-electron chi connectivity index (χ3n) is 6.58. The molecule has 0 bridgehead atoms. The SMILES string of the molecule is C[C@@H](c1ccccc1)[C@@H](c1ncc(-c2ccc(Cl)cc2F)[nH]1)n1c(O)c(-c2ccc(OCCO)cc2)[nH]c1=O. The minimum Gasteiger partial charge on any atom is -0.493 e. The Balaban J connectivity index is 1.59. The van der Waals surface area contributed by atoms with Gasteiger partial charge in [0.05, 0.1) is 18.5 Å². The van der Waals surface area contributed by atoms with Crippen molar-refractivity contribution < 1.29 is 19.3 Å². The van der Waals surface area contributed by atoms with Gasteiger partial charge in [-0.25, -0.2) is 14.2 Å². The van der Waals surface area contributed by atoms with Crippen LogP contribution in [-0.2, 0) is 0 Å². The number of imidazole rings is 2. The second-order valence-electron chi connectivity index (χ2n) is 9.05. The minimum atomic E-state index is -0.763. The Bertz CT molecular complexity index is 1630. The number of hydrogen-bond donors (Lipinski definition) is 4. The predicted molar refractivity (Wildman–Crippen MR) is 147 cm³/mol. The summed E-state index contributed by atoms with van der Waals surface area (Å²) in [5.41, 5.74) is 1.86. The molecule has 5 aromatic rings. The summed E-state index contributed by atoms with van der Waals surface area (Å²) in [6.07, 6.45) is 1.49. The maximum Gasteiger partial charge on any atom is 0.329 e. The van der Waals surface area contributed by atoms with Gasteiger partial charge in [0.25, 0.3) is 0 Å². The van der Waals surface area contributed by atoms with E-state index in [1.165, 1.54) is 16.8 Å². The Morgan fingerprint density at radius 3 is 2.51 bits per heavy atom. The predicted octanol–water partition coefficient (Wildman–Crippen LogP) is 5.50. The summed E-state index contributed by atoms with van der Waals surface area (Å²) in [7, 11) is 0. The van der Waals surface area contributed by atoms with Crippen LogP contribution >= 0.6 is 11.6 Å². The fourth-order valence-electron chi connectivity index (χ4n) is 4.63. The summed E-state index contributed by atoms with van der Waals surface area (Å²) in [6, 6.07) is 19.9. The van der Waals surface area contributed by atoms with Crippen LogP contribution in [-0.4, -0.2) is 42.9 Å². The van der Waals surface area contributed by atoms with E-state index in [0.29, 0.717) is 22.8 Å². The molecule has 0 radical (unpaired) electrons. The molecule has 4 N–H and O–H groups in total. The molecule has 0 amide bonds. The number of nitrogens with one attached hydrogen (secondary N) is 2. The number of hydrogen-bond acceptors (Lipinski definition) is 5. The Morgan fingerprint density at radius 1 is 1.08 bits per heavy atom. The van der Waals surface area contributed by atoms with Gasteiger partial charge in [0.2, 0.25) is 5.88 Å². The van der Waals surface area contributed by atoms with Crippen LogP contribution in [0.2, 0.25) is 5.02 Å². The van der Waals surface area contributed by atoms with Gasteiger partial charge < -0.3 is 24.9 Å². The lowest BCUT2D eigenvalue weighted by molar-refractivity contribution is 0.201. The van der Waals surface area contributed by atoms with E-state index in [0.717, 1.165) is 5.56 Å². The number of aliphatic hydroxyl groups excluding tert-OH is 1. The fourth-order valence-corrected chi connectivity index (χ4v) is 4.79. The van der Waals surface area contributed by atoms with Crippen LogP contribution in [0.1, 0.15) is 30.3 Å². The lowest BCUT2D eigenvalue weighted by atomic mass is 9.92. The number of rotatable bonds is 9. The van der Waals surface area contributed by atoms with Crippen molar-refractivity contribution in [3.05, 3.63) is 112 Å². The van der Waals surface area contributed by atoms with Crippen LogP contribution < -0.4 is 10.4 Å². The Labute approximate surface area is 228 Å². The van der Waals surface area contributed by atoms with Crippen LogP contribution in [0.15, 0.2) is 83.8 Å². The average molecular weight is 549 g/mol. The maximum atomic E-state index is 14.7. The van der Waals surface area contributed by atoms with Crippen molar-refractivity contribution >= 4 is 11.6 Å². The maximum absolute atomic E-state index is 14.7. The third kappa shape index (κ3) is 5.32. The summed E-state index contributed by atoms with van der Waals surface area (Å²) in [5, 5.41) is 20.6. The fraction of sp³-hybridized carbons (Fsp3) is 0.172. The molecule has 0 saturated carbocycles. The molecule has 0 spiro atoms. The van der Waals surface area contributed by atoms with E-state index in [1.54, 1.807) is 36.4 Å². The molecule has 10 heteroatoms. The number of benzene rings is 3. The van der Waals surface area contributed by atoms with Crippen molar-refractivity contribution in [2.45, 2.75) is 18.9 Å². The van der Waals surface area contributed by atoms with Crippen LogP contribution in [0.3, 0.4) is 0 Å². The van der Waals surface area contributed by atoms with Gasteiger partial charge in [-0.2, -0.15) is 0 Å². The summed E-state index contributed by atoms with van der Waals surface area (Å²) in [6.45, 7) is 1.97. The van der Waals surface area contributed by atoms with Gasteiger partial charge in [-0.3, -0.25) is 4.57 Å². The normalized spacial score (nSPS) is 12.8. The van der Waals surface area contributed by atoms with E-state index in [1.807, 2.05) is 37.3 Å². The van der Waals surface area contributed by atoms with E-state index in [2.05, 4.69) is 15.0 Å². The summed E-state index contributed by atoms with van der Waals surface area (Å²) >= 11 is 5.92. The van der Waals surface area contributed by atoms with Crippen LogP contribution in [0.5, 0.6) is 11.6 Å². The van der Waals surface area contributed by atoms with E-state index in [4.69, 9.17) is 21.4 Å². The van der Waals surface area contributed by atoms with E-state index in [9.17, 15) is 14.3 Å². The van der Waals surface area contributed by atoms with Crippen molar-refractivity contribution in [1.82, 2.24) is 19.5 Å². The standard InChI is InChI=1S/C29H26ClFN4O4/c1-17(18-5-3-2-4-6-18)26(27-32-16-24(33-27)22-12-9-20(30)15-23(22)31)35-28(37)25(34-29(35)38)19-7-10-21(11-8-19)39-14-13-36/h2-12,15-17,26,36-37H,13-14H2,1H3,(H,32,33)(H,34,38)/t17-,26-/m0/s1. The Hall–Kier alpha value is -4.34. The van der Waals surface area contributed by atoms with Crippen molar-refractivity contribution in [3.8, 4) is 34.1 Å². The van der Waals surface area contributed by atoms with Crippen molar-refractivity contribution in [3.63, 3.8) is 0 Å². The van der Waals surface area contributed by atoms with E-state index < -0.39 is 17.5 Å². The molecule has 2 heterocycles. The van der Waals surface area contributed by atoms with Gasteiger partial charge in [0, 0.05) is 22.1 Å². The monoisotopic (exact) mass is 548 g/mol. The lowest BCUT2D eigenvalue weighted by Crippen LogP contribution is -2.27. The minimum absolute atomic E-state index is 0.112. The van der Waals surface area contributed by atoms with E-state index in [-0.39, 0.29) is 41.3 Å². The number of halogens is 2. The molecule has 0 aliphatic rings. The number of H-pyrrole nitrogens is 2. The van der Waals surface area contributed by atoms with E-state index >= 15 is 0 Å². The van der Waals surface area contributed by atoms with Gasteiger partial charge in [0.15, 0.2) is 0 Å². The Kier molecular flexibility index (Phi) is 7.53. The first-order chi connectivity index (χ1) is 18.9. The number of aromatic hydroxyl groups is 1. The first kappa shape index (κ1) is 26.3. The molecule has 3 aromatic carbocycles. The summed E-state index contributed by atoms with van der Waals surface area (Å²) < 4.78 is 21.3. The number of aliphatic hydroxyl groups is 1. The van der Waals surface area contributed by atoms with Crippen molar-refractivity contribution in [2.75, 3.05) is 13.2 Å². The molecule has 0 fully saturated rings. The van der Waals surface area contributed by atoms with Crippen molar-refractivity contribution in [1.29, 1.82) is 0 Å². The molecule has 8 nitrogen and oxygen atoms in total. The lowest BCUT2D eigenvalue weighted by Gasteiger charge is -2.24. The molecule has 0 aliphatic heterocycles. The molecule has 0 unspecified atom stereocenters. The van der Waals surface area contributed by atoms with Gasteiger partial charge >= 0.3 is 5.69 Å². The summed E-state index contributed by atoms with van der Waals surface area (Å²) in [5.74, 6) is -0.191. The highest BCUT2D eigenvalue weighted by Crippen LogP contribution is 2.38. The zero-order valence-corrected chi connectivity index (χ0v) is 21.7. The first-order valence-corrected chi connectivity index (χ1v) is 12.7. The highest BCUT2D eigenvalue weighted by atomic mass is 35.5. The molecular weight excluding hydrogens is 523 g/mol. The van der Waals surface area contributed by atoms with Crippen LogP contribution in [0.4, 0.5) is 4.39 Å². The number of aromatic nitrogens is 4. The molecule has 2 atom stereocenters. The smallest absolute Gasteiger partial charge is 0.329 e. The molecule has 200 valence electrons. The van der Waals surface area contributed by atoms with Gasteiger partial charge in [-0.05, 0) is 48.0 Å².